The third-order valence-corrected chi connectivity index (χ3v) is 5.05. The number of nitrogens with zero attached hydrogens (tertiary/aromatic N) is 1. The summed E-state index contributed by atoms with van der Waals surface area (Å²) in [5.74, 6) is -0.0938. The van der Waals surface area contributed by atoms with Crippen LogP contribution >= 0.6 is 22.9 Å². The van der Waals surface area contributed by atoms with Crippen LogP contribution in [0.4, 0.5) is 5.69 Å². The molecule has 0 saturated carbocycles. The molecule has 0 aliphatic carbocycles. The van der Waals surface area contributed by atoms with Gasteiger partial charge in [-0.3, -0.25) is 4.98 Å². The van der Waals surface area contributed by atoms with Gasteiger partial charge in [0.2, 0.25) is 0 Å². The minimum atomic E-state index is -3.44. The molecule has 1 aromatic heterocycles. The van der Waals surface area contributed by atoms with Crippen LogP contribution in [-0.2, 0) is 15.6 Å². The standard InChI is InChI=1S/C10H9ClN2O2S2/c11-7-1-2-10(9(12)3-7)17(14,15)5-8-4-13-6-16-8/h1-4,6H,5,12H2. The highest BCUT2D eigenvalue weighted by atomic mass is 35.5. The third kappa shape index (κ3) is 2.77. The lowest BCUT2D eigenvalue weighted by atomic mass is 10.3. The molecular weight excluding hydrogens is 280 g/mol. The minimum absolute atomic E-state index is 0.0938. The van der Waals surface area contributed by atoms with Crippen molar-refractivity contribution in [2.75, 3.05) is 5.73 Å². The number of rotatable bonds is 3. The Labute approximate surface area is 108 Å². The third-order valence-electron chi connectivity index (χ3n) is 2.12. The van der Waals surface area contributed by atoms with Gasteiger partial charge in [-0.15, -0.1) is 11.3 Å². The second kappa shape index (κ2) is 4.64. The Kier molecular flexibility index (Phi) is 3.37. The first-order chi connectivity index (χ1) is 7.99. The van der Waals surface area contributed by atoms with Crippen LogP contribution in [0.15, 0.2) is 34.8 Å². The Morgan fingerprint density at radius 3 is 2.76 bits per heavy atom. The molecular formula is C10H9ClN2O2S2. The van der Waals surface area contributed by atoms with Gasteiger partial charge < -0.3 is 5.73 Å². The summed E-state index contributed by atoms with van der Waals surface area (Å²) >= 11 is 7.02. The summed E-state index contributed by atoms with van der Waals surface area (Å²) in [5.41, 5.74) is 7.42. The van der Waals surface area contributed by atoms with E-state index in [1.54, 1.807) is 5.51 Å². The molecule has 0 aliphatic heterocycles. The summed E-state index contributed by atoms with van der Waals surface area (Å²) in [5, 5.41) is 0.416. The molecule has 0 fully saturated rings. The van der Waals surface area contributed by atoms with Crippen LogP contribution in [0.2, 0.25) is 5.02 Å². The Morgan fingerprint density at radius 1 is 1.41 bits per heavy atom. The Morgan fingerprint density at radius 2 is 2.18 bits per heavy atom. The monoisotopic (exact) mass is 288 g/mol. The van der Waals surface area contributed by atoms with E-state index in [9.17, 15) is 8.42 Å². The fraction of sp³-hybridized carbons (Fsp3) is 0.100. The summed E-state index contributed by atoms with van der Waals surface area (Å²) in [4.78, 5) is 4.62. The molecule has 90 valence electrons. The highest BCUT2D eigenvalue weighted by Gasteiger charge is 2.19. The number of hydrogen-bond acceptors (Lipinski definition) is 5. The van der Waals surface area contributed by atoms with Gasteiger partial charge in [0.25, 0.3) is 0 Å². The minimum Gasteiger partial charge on any atom is -0.398 e. The van der Waals surface area contributed by atoms with Crippen LogP contribution in [0, 0.1) is 0 Å². The van der Waals surface area contributed by atoms with Gasteiger partial charge in [-0.2, -0.15) is 0 Å². The van der Waals surface area contributed by atoms with Crippen LogP contribution in [0.5, 0.6) is 0 Å². The maximum atomic E-state index is 12.1. The molecule has 4 nitrogen and oxygen atoms in total. The van der Waals surface area contributed by atoms with Gasteiger partial charge in [0, 0.05) is 16.1 Å². The zero-order valence-corrected chi connectivity index (χ0v) is 11.0. The molecule has 0 unspecified atom stereocenters. The van der Waals surface area contributed by atoms with Crippen molar-refractivity contribution in [3.05, 3.63) is 39.8 Å². The van der Waals surface area contributed by atoms with Gasteiger partial charge in [-0.25, -0.2) is 8.42 Å². The van der Waals surface area contributed by atoms with Crippen LogP contribution < -0.4 is 5.73 Å². The van der Waals surface area contributed by atoms with E-state index in [1.165, 1.54) is 35.7 Å². The van der Waals surface area contributed by atoms with Crippen LogP contribution in [0.25, 0.3) is 0 Å². The summed E-state index contributed by atoms with van der Waals surface area (Å²) in [7, 11) is -3.44. The molecule has 0 radical (unpaired) electrons. The van der Waals surface area contributed by atoms with Gasteiger partial charge in [0.1, 0.15) is 0 Å². The Hall–Kier alpha value is -1.11. The van der Waals surface area contributed by atoms with E-state index in [-0.39, 0.29) is 16.3 Å². The quantitative estimate of drug-likeness (QED) is 0.880. The van der Waals surface area contributed by atoms with E-state index < -0.39 is 9.84 Å². The predicted molar refractivity (Wildman–Crippen MR) is 68.9 cm³/mol. The van der Waals surface area contributed by atoms with Crippen LogP contribution in [0.3, 0.4) is 0 Å². The maximum Gasteiger partial charge on any atom is 0.185 e. The molecule has 0 atom stereocenters. The number of benzene rings is 1. The molecule has 0 bridgehead atoms. The van der Waals surface area contributed by atoms with Gasteiger partial charge in [-0.1, -0.05) is 11.6 Å². The molecule has 0 spiro atoms. The SMILES string of the molecule is Nc1cc(Cl)ccc1S(=O)(=O)Cc1cncs1. The lowest BCUT2D eigenvalue weighted by molar-refractivity contribution is 0.596. The van der Waals surface area contributed by atoms with Crippen LogP contribution in [-0.4, -0.2) is 13.4 Å². The average Bonchev–Trinajstić information content (AvgIpc) is 2.68. The molecule has 1 aromatic carbocycles. The van der Waals surface area contributed by atoms with Crippen molar-refractivity contribution in [3.8, 4) is 0 Å². The van der Waals surface area contributed by atoms with Gasteiger partial charge in [0.15, 0.2) is 9.84 Å². The van der Waals surface area contributed by atoms with E-state index in [0.29, 0.717) is 9.90 Å². The summed E-state index contributed by atoms with van der Waals surface area (Å²) in [6, 6.07) is 4.37. The lowest BCUT2D eigenvalue weighted by Gasteiger charge is -2.06. The zero-order valence-electron chi connectivity index (χ0n) is 8.63. The smallest absolute Gasteiger partial charge is 0.185 e. The number of nitrogen functional groups attached to an aromatic ring is 1. The van der Waals surface area contributed by atoms with Gasteiger partial charge >= 0.3 is 0 Å². The number of aromatic nitrogens is 1. The fourth-order valence-corrected chi connectivity index (χ4v) is 3.98. The normalized spacial score (nSPS) is 11.6. The molecule has 0 saturated heterocycles. The van der Waals surface area contributed by atoms with E-state index in [2.05, 4.69) is 4.98 Å². The molecule has 17 heavy (non-hydrogen) atoms. The first-order valence-electron chi connectivity index (χ1n) is 4.64. The first kappa shape index (κ1) is 12.3. The summed E-state index contributed by atoms with van der Waals surface area (Å²) in [6.45, 7) is 0. The van der Waals surface area contributed by atoms with E-state index in [0.717, 1.165) is 0 Å². The average molecular weight is 289 g/mol. The lowest BCUT2D eigenvalue weighted by Crippen LogP contribution is -2.07. The number of halogens is 1. The van der Waals surface area contributed by atoms with E-state index in [1.807, 2.05) is 0 Å². The number of anilines is 1. The number of sulfone groups is 1. The highest BCUT2D eigenvalue weighted by molar-refractivity contribution is 7.91. The predicted octanol–water partition coefficient (Wildman–Crippen LogP) is 2.35. The number of nitrogens with two attached hydrogens (primary N) is 1. The van der Waals surface area contributed by atoms with Crippen molar-refractivity contribution in [2.24, 2.45) is 0 Å². The largest absolute Gasteiger partial charge is 0.398 e. The van der Waals surface area contributed by atoms with Crippen molar-refractivity contribution in [1.82, 2.24) is 4.98 Å². The topological polar surface area (TPSA) is 73.1 Å². The molecule has 7 heteroatoms. The van der Waals surface area contributed by atoms with E-state index in [4.69, 9.17) is 17.3 Å². The molecule has 0 amide bonds. The fourth-order valence-electron chi connectivity index (χ4n) is 1.38. The van der Waals surface area contributed by atoms with Gasteiger partial charge in [-0.05, 0) is 18.2 Å². The van der Waals surface area contributed by atoms with Crippen molar-refractivity contribution >= 4 is 38.5 Å². The van der Waals surface area contributed by atoms with Crippen molar-refractivity contribution < 1.29 is 8.42 Å². The maximum absolute atomic E-state index is 12.1. The second-order valence-electron chi connectivity index (χ2n) is 3.41. The second-order valence-corrected chi connectivity index (χ2v) is 6.77. The molecule has 1 heterocycles. The Bertz CT molecular complexity index is 624. The van der Waals surface area contributed by atoms with E-state index >= 15 is 0 Å². The summed E-state index contributed by atoms with van der Waals surface area (Å²) < 4.78 is 24.2. The molecule has 2 N–H and O–H groups in total. The number of thiazole rings is 1. The molecule has 2 rings (SSSR count). The molecule has 2 aromatic rings. The van der Waals surface area contributed by atoms with Crippen LogP contribution in [0.1, 0.15) is 4.88 Å². The Balaban J connectivity index is 2.38. The highest BCUT2D eigenvalue weighted by Crippen LogP contribution is 2.26. The molecule has 0 aliphatic rings. The van der Waals surface area contributed by atoms with Gasteiger partial charge in [0.05, 0.1) is 21.8 Å². The van der Waals surface area contributed by atoms with Crippen molar-refractivity contribution in [2.45, 2.75) is 10.6 Å². The number of hydrogen-bond donors (Lipinski definition) is 1. The zero-order chi connectivity index (χ0) is 12.5. The summed E-state index contributed by atoms with van der Waals surface area (Å²) in [6.07, 6.45) is 1.54. The van der Waals surface area contributed by atoms with Crippen molar-refractivity contribution in [3.63, 3.8) is 0 Å². The van der Waals surface area contributed by atoms with Crippen molar-refractivity contribution in [1.29, 1.82) is 0 Å². The first-order valence-corrected chi connectivity index (χ1v) is 7.55.